The molecule has 0 spiro atoms. The minimum atomic E-state index is -0.659. The molecule has 39 heavy (non-hydrogen) atoms. The second-order valence-electron chi connectivity index (χ2n) is 12.4. The van der Waals surface area contributed by atoms with Crippen LogP contribution < -0.4 is 4.90 Å². The number of benzene rings is 3. The summed E-state index contributed by atoms with van der Waals surface area (Å²) in [6.45, 7) is 14.6. The second kappa shape index (κ2) is 11.5. The van der Waals surface area contributed by atoms with Crippen LogP contribution in [-0.4, -0.2) is 31.8 Å². The lowest BCUT2D eigenvalue weighted by atomic mass is 9.72. The summed E-state index contributed by atoms with van der Waals surface area (Å²) in [7, 11) is 3.99. The molecule has 1 N–H and O–H groups in total. The van der Waals surface area contributed by atoms with Crippen molar-refractivity contribution in [1.82, 2.24) is 0 Å². The molecule has 0 aliphatic rings. The van der Waals surface area contributed by atoms with E-state index >= 15 is 0 Å². The average Bonchev–Trinajstić information content (AvgIpc) is 2.86. The van der Waals surface area contributed by atoms with Crippen LogP contribution >= 0.6 is 0 Å². The van der Waals surface area contributed by atoms with Gasteiger partial charge in [0.2, 0.25) is 0 Å². The lowest BCUT2D eigenvalue weighted by Gasteiger charge is -2.32. The van der Waals surface area contributed by atoms with E-state index in [1.165, 1.54) is 0 Å². The fourth-order valence-corrected chi connectivity index (χ4v) is 5.00. The van der Waals surface area contributed by atoms with Crippen molar-refractivity contribution in [3.05, 3.63) is 94.0 Å². The highest BCUT2D eigenvalue weighted by Gasteiger charge is 2.36. The molecule has 0 aliphatic carbocycles. The molecule has 0 saturated heterocycles. The van der Waals surface area contributed by atoms with Gasteiger partial charge in [-0.15, -0.1) is 0 Å². The van der Waals surface area contributed by atoms with Gasteiger partial charge in [0, 0.05) is 25.7 Å². The lowest BCUT2D eigenvalue weighted by Crippen LogP contribution is -2.25. The van der Waals surface area contributed by atoms with Crippen molar-refractivity contribution < 1.29 is 14.6 Å². The molecular formula is C34H42N2O3. The van der Waals surface area contributed by atoms with Gasteiger partial charge >= 0.3 is 5.97 Å². The average molecular weight is 527 g/mol. The minimum absolute atomic E-state index is 0.258. The van der Waals surface area contributed by atoms with Crippen LogP contribution in [-0.2, 0) is 20.4 Å². The molecule has 0 aliphatic heterocycles. The minimum Gasteiger partial charge on any atom is -0.507 e. The summed E-state index contributed by atoms with van der Waals surface area (Å²) in [5.74, 6) is -1.08. The third kappa shape index (κ3) is 6.63. The van der Waals surface area contributed by atoms with Gasteiger partial charge in [0.15, 0.2) is 0 Å². The predicted octanol–water partition coefficient (Wildman–Crippen LogP) is 7.40. The number of phenolic OH excluding ortho intramolecular Hbond substituents is 1. The summed E-state index contributed by atoms with van der Waals surface area (Å²) in [5, 5.41) is 20.8. The zero-order chi connectivity index (χ0) is 29.1. The highest BCUT2D eigenvalue weighted by molar-refractivity contribution is 5.81. The molecule has 0 fully saturated rings. The highest BCUT2D eigenvalue weighted by atomic mass is 16.5. The van der Waals surface area contributed by atoms with E-state index in [0.717, 1.165) is 33.5 Å². The quantitative estimate of drug-likeness (QED) is 0.325. The van der Waals surface area contributed by atoms with Gasteiger partial charge < -0.3 is 14.7 Å². The zero-order valence-corrected chi connectivity index (χ0v) is 24.8. The van der Waals surface area contributed by atoms with E-state index in [-0.39, 0.29) is 23.4 Å². The normalized spacial score (nSPS) is 13.3. The Balaban J connectivity index is 2.41. The van der Waals surface area contributed by atoms with Crippen molar-refractivity contribution in [2.45, 2.75) is 71.1 Å². The summed E-state index contributed by atoms with van der Waals surface area (Å²) in [4.78, 5) is 15.8. The molecule has 206 valence electrons. The molecule has 2 unspecified atom stereocenters. The largest absolute Gasteiger partial charge is 0.507 e. The third-order valence-electron chi connectivity index (χ3n) is 7.15. The zero-order valence-electron chi connectivity index (χ0n) is 24.8. The van der Waals surface area contributed by atoms with Crippen LogP contribution in [0.1, 0.15) is 93.7 Å². The topological polar surface area (TPSA) is 73.6 Å². The van der Waals surface area contributed by atoms with Crippen molar-refractivity contribution >= 4 is 11.7 Å². The van der Waals surface area contributed by atoms with Crippen LogP contribution in [0.25, 0.3) is 0 Å². The molecule has 3 rings (SSSR count). The number of hydrogen-bond donors (Lipinski definition) is 1. The van der Waals surface area contributed by atoms with E-state index in [1.807, 2.05) is 50.2 Å². The molecule has 0 radical (unpaired) electrons. The molecule has 3 aromatic carbocycles. The molecule has 5 heteroatoms. The van der Waals surface area contributed by atoms with Gasteiger partial charge in [-0.05, 0) is 69.8 Å². The number of hydrogen-bond acceptors (Lipinski definition) is 5. The monoisotopic (exact) mass is 526 g/mol. The van der Waals surface area contributed by atoms with Crippen LogP contribution in [0.3, 0.4) is 0 Å². The number of carbonyl (C=O) groups is 1. The Morgan fingerprint density at radius 3 is 1.77 bits per heavy atom. The number of ether oxygens (including phenoxy) is 1. The van der Waals surface area contributed by atoms with Crippen LogP contribution in [0.4, 0.5) is 5.69 Å². The number of carbonyl (C=O) groups excluding carboxylic acids is 1. The van der Waals surface area contributed by atoms with Gasteiger partial charge in [0.05, 0.1) is 24.2 Å². The first-order valence-corrected chi connectivity index (χ1v) is 13.5. The van der Waals surface area contributed by atoms with Crippen molar-refractivity contribution in [2.24, 2.45) is 0 Å². The molecular weight excluding hydrogens is 484 g/mol. The van der Waals surface area contributed by atoms with E-state index in [2.05, 4.69) is 71.9 Å². The van der Waals surface area contributed by atoms with Crippen LogP contribution in [0.5, 0.6) is 5.75 Å². The van der Waals surface area contributed by atoms with Crippen molar-refractivity contribution in [1.29, 1.82) is 5.26 Å². The number of rotatable bonds is 7. The van der Waals surface area contributed by atoms with Gasteiger partial charge in [-0.1, -0.05) is 77.9 Å². The molecule has 0 amide bonds. The molecule has 0 heterocycles. The molecule has 3 aromatic rings. The maximum Gasteiger partial charge on any atom is 0.314 e. The summed E-state index contributed by atoms with van der Waals surface area (Å²) < 4.78 is 5.66. The standard InChI is InChI=1S/C34H42N2O3/c1-10-39-32(38)30(24-13-11-22(21-35)12-14-24)29(23-15-17-26(18-16-23)36(8)9)25-19-27(33(2,3)4)31(37)28(20-25)34(5,6)7/h11-20,29-30,37H,10H2,1-9H3. The second-order valence-corrected chi connectivity index (χ2v) is 12.4. The first-order valence-electron chi connectivity index (χ1n) is 13.5. The van der Waals surface area contributed by atoms with E-state index in [4.69, 9.17) is 4.74 Å². The SMILES string of the molecule is CCOC(=O)C(c1ccc(C#N)cc1)C(c1ccc(N(C)C)cc1)c1cc(C(C)(C)C)c(O)c(C(C)(C)C)c1. The Hall–Kier alpha value is -3.78. The van der Waals surface area contributed by atoms with Crippen molar-refractivity contribution in [3.63, 3.8) is 0 Å². The Labute approximate surface area is 234 Å². The molecule has 0 bridgehead atoms. The van der Waals surface area contributed by atoms with E-state index in [9.17, 15) is 15.2 Å². The smallest absolute Gasteiger partial charge is 0.314 e. The van der Waals surface area contributed by atoms with Gasteiger partial charge in [0.1, 0.15) is 5.75 Å². The van der Waals surface area contributed by atoms with Gasteiger partial charge in [-0.25, -0.2) is 0 Å². The number of phenols is 1. The highest BCUT2D eigenvalue weighted by Crippen LogP contribution is 2.46. The first kappa shape index (κ1) is 29.8. The van der Waals surface area contributed by atoms with Crippen LogP contribution in [0, 0.1) is 11.3 Å². The summed E-state index contributed by atoms with van der Waals surface area (Å²) in [6, 6.07) is 21.7. The maximum absolute atomic E-state index is 13.7. The van der Waals surface area contributed by atoms with Crippen molar-refractivity contribution in [2.75, 3.05) is 25.6 Å². The molecule has 0 aromatic heterocycles. The number of nitriles is 1. The summed E-state index contributed by atoms with van der Waals surface area (Å²) in [6.07, 6.45) is 0. The number of nitrogens with zero attached hydrogens (tertiary/aromatic N) is 2. The van der Waals surface area contributed by atoms with Gasteiger partial charge in [-0.2, -0.15) is 5.26 Å². The number of esters is 1. The Morgan fingerprint density at radius 1 is 0.872 bits per heavy atom. The van der Waals surface area contributed by atoms with Gasteiger partial charge in [0.25, 0.3) is 0 Å². The summed E-state index contributed by atoms with van der Waals surface area (Å²) in [5.41, 5.74) is 5.28. The fraction of sp³-hybridized carbons (Fsp3) is 0.412. The van der Waals surface area contributed by atoms with E-state index < -0.39 is 11.8 Å². The molecule has 5 nitrogen and oxygen atoms in total. The Bertz CT molecular complexity index is 1300. The van der Waals surface area contributed by atoms with Crippen molar-refractivity contribution in [3.8, 4) is 11.8 Å². The fourth-order valence-electron chi connectivity index (χ4n) is 5.00. The third-order valence-corrected chi connectivity index (χ3v) is 7.15. The molecule has 0 saturated carbocycles. The predicted molar refractivity (Wildman–Crippen MR) is 159 cm³/mol. The summed E-state index contributed by atoms with van der Waals surface area (Å²) >= 11 is 0. The van der Waals surface area contributed by atoms with E-state index in [1.54, 1.807) is 12.1 Å². The Morgan fingerprint density at radius 2 is 1.36 bits per heavy atom. The molecule has 2 atom stereocenters. The first-order chi connectivity index (χ1) is 18.2. The Kier molecular flexibility index (Phi) is 8.80. The maximum atomic E-state index is 13.7. The lowest BCUT2D eigenvalue weighted by molar-refractivity contribution is -0.145. The van der Waals surface area contributed by atoms with Crippen LogP contribution in [0.2, 0.25) is 0 Å². The number of anilines is 1. The van der Waals surface area contributed by atoms with Gasteiger partial charge in [-0.3, -0.25) is 4.79 Å². The number of aromatic hydroxyl groups is 1. The van der Waals surface area contributed by atoms with E-state index in [0.29, 0.717) is 11.3 Å². The van der Waals surface area contributed by atoms with Crippen LogP contribution in [0.15, 0.2) is 60.7 Å².